The van der Waals surface area contributed by atoms with Gasteiger partial charge in [0, 0.05) is 4.47 Å². The maximum atomic E-state index is 13.9. The van der Waals surface area contributed by atoms with E-state index in [1.54, 1.807) is 18.2 Å². The van der Waals surface area contributed by atoms with Crippen LogP contribution in [0.4, 0.5) is 10.1 Å². The Labute approximate surface area is 131 Å². The molecule has 0 fully saturated rings. The van der Waals surface area contributed by atoms with Crippen LogP contribution >= 0.6 is 15.9 Å². The topological polar surface area (TPSA) is 37.4 Å². The number of nitrogens with zero attached hydrogens (tertiary/aromatic N) is 1. The van der Waals surface area contributed by atoms with Crippen molar-refractivity contribution in [1.29, 1.82) is 0 Å². The van der Waals surface area contributed by atoms with Crippen molar-refractivity contribution in [3.8, 4) is 0 Å². The lowest BCUT2D eigenvalue weighted by molar-refractivity contribution is 0.587. The zero-order chi connectivity index (χ0) is 15.5. The minimum Gasteiger partial charge on any atom is -0.260 e. The minimum absolute atomic E-state index is 0.000295. The Bertz CT molecular complexity index is 745. The first-order chi connectivity index (χ1) is 9.96. The summed E-state index contributed by atoms with van der Waals surface area (Å²) in [5.41, 5.74) is 0.000295. The summed E-state index contributed by atoms with van der Waals surface area (Å²) in [6.07, 6.45) is 1.42. The quantitative estimate of drug-likeness (QED) is 0.747. The molecule has 21 heavy (non-hydrogen) atoms. The number of rotatable bonds is 5. The molecule has 0 spiro atoms. The summed E-state index contributed by atoms with van der Waals surface area (Å²) in [5.74, 6) is -0.597. The fourth-order valence-electron chi connectivity index (χ4n) is 1.83. The highest BCUT2D eigenvalue weighted by Crippen LogP contribution is 2.26. The van der Waals surface area contributed by atoms with Gasteiger partial charge in [-0.25, -0.2) is 12.8 Å². The van der Waals surface area contributed by atoms with Gasteiger partial charge in [-0.15, -0.1) is 6.58 Å². The predicted octanol–water partition coefficient (Wildman–Crippen LogP) is 3.97. The number of anilines is 1. The molecule has 0 aromatic heterocycles. The summed E-state index contributed by atoms with van der Waals surface area (Å²) in [6, 6.07) is 11.9. The smallest absolute Gasteiger partial charge is 0.260 e. The van der Waals surface area contributed by atoms with Crippen molar-refractivity contribution in [3.05, 3.63) is 71.5 Å². The van der Waals surface area contributed by atoms with E-state index in [9.17, 15) is 12.8 Å². The summed E-state index contributed by atoms with van der Waals surface area (Å²) < 4.78 is 41.1. The van der Waals surface area contributed by atoms with Crippen LogP contribution in [0.25, 0.3) is 0 Å². The van der Waals surface area contributed by atoms with Gasteiger partial charge >= 0.3 is 0 Å². The molecular weight excluding hydrogens is 357 g/mol. The van der Waals surface area contributed by atoms with Gasteiger partial charge in [0.2, 0.25) is 0 Å². The fourth-order valence-corrected chi connectivity index (χ4v) is 3.54. The molecule has 0 radical (unpaired) electrons. The minimum atomic E-state index is -3.85. The Kier molecular flexibility index (Phi) is 4.80. The second-order valence-corrected chi connectivity index (χ2v) is 7.01. The highest BCUT2D eigenvalue weighted by Gasteiger charge is 2.25. The molecule has 6 heteroatoms. The van der Waals surface area contributed by atoms with Crippen molar-refractivity contribution in [2.75, 3.05) is 10.8 Å². The maximum Gasteiger partial charge on any atom is 0.264 e. The summed E-state index contributed by atoms with van der Waals surface area (Å²) in [6.45, 7) is 3.53. The van der Waals surface area contributed by atoms with Gasteiger partial charge in [-0.05, 0) is 36.4 Å². The Morgan fingerprint density at radius 3 is 2.33 bits per heavy atom. The molecule has 2 aromatic rings. The third-order valence-corrected chi connectivity index (χ3v) is 5.14. The first kappa shape index (κ1) is 15.7. The molecular formula is C15H13BrFNO2S. The molecule has 0 unspecified atom stereocenters. The molecule has 0 N–H and O–H groups in total. The van der Waals surface area contributed by atoms with Crippen molar-refractivity contribution in [3.63, 3.8) is 0 Å². The Balaban J connectivity index is 2.54. The highest BCUT2D eigenvalue weighted by atomic mass is 79.9. The first-order valence-electron chi connectivity index (χ1n) is 6.10. The number of benzene rings is 2. The second-order valence-electron chi connectivity index (χ2n) is 4.23. The molecule has 0 aliphatic rings. The van der Waals surface area contributed by atoms with Crippen LogP contribution in [0.1, 0.15) is 0 Å². The van der Waals surface area contributed by atoms with Crippen LogP contribution in [0.15, 0.2) is 70.6 Å². The molecule has 0 atom stereocenters. The molecule has 0 aliphatic carbocycles. The third-order valence-electron chi connectivity index (χ3n) is 2.82. The van der Waals surface area contributed by atoms with Gasteiger partial charge in [-0.1, -0.05) is 34.1 Å². The van der Waals surface area contributed by atoms with Crippen molar-refractivity contribution >= 4 is 31.6 Å². The van der Waals surface area contributed by atoms with Crippen molar-refractivity contribution in [2.24, 2.45) is 0 Å². The molecule has 0 bridgehead atoms. The van der Waals surface area contributed by atoms with Crippen molar-refractivity contribution in [2.45, 2.75) is 4.90 Å². The number of halogens is 2. The lowest BCUT2D eigenvalue weighted by Gasteiger charge is -2.23. The predicted molar refractivity (Wildman–Crippen MR) is 85.3 cm³/mol. The van der Waals surface area contributed by atoms with Crippen LogP contribution in [0.3, 0.4) is 0 Å². The lowest BCUT2D eigenvalue weighted by atomic mass is 10.3. The average molecular weight is 370 g/mol. The van der Waals surface area contributed by atoms with Crippen LogP contribution in [0.2, 0.25) is 0 Å². The van der Waals surface area contributed by atoms with Gasteiger partial charge in [0.05, 0.1) is 17.1 Å². The number of hydrogen-bond donors (Lipinski definition) is 0. The van der Waals surface area contributed by atoms with Gasteiger partial charge in [0.25, 0.3) is 10.0 Å². The van der Waals surface area contributed by atoms with E-state index in [1.807, 2.05) is 0 Å². The van der Waals surface area contributed by atoms with Crippen molar-refractivity contribution in [1.82, 2.24) is 0 Å². The van der Waals surface area contributed by atoms with Gasteiger partial charge in [-0.3, -0.25) is 4.31 Å². The van der Waals surface area contributed by atoms with Gasteiger partial charge < -0.3 is 0 Å². The molecule has 0 saturated carbocycles. The highest BCUT2D eigenvalue weighted by molar-refractivity contribution is 9.10. The zero-order valence-electron chi connectivity index (χ0n) is 11.0. The monoisotopic (exact) mass is 369 g/mol. The molecule has 0 amide bonds. The average Bonchev–Trinajstić information content (AvgIpc) is 2.46. The summed E-state index contributed by atoms with van der Waals surface area (Å²) in [4.78, 5) is 0.0933. The van der Waals surface area contributed by atoms with E-state index < -0.39 is 15.8 Å². The Hall–Kier alpha value is -1.66. The van der Waals surface area contributed by atoms with E-state index in [0.717, 1.165) is 8.78 Å². The molecule has 0 heterocycles. The van der Waals surface area contributed by atoms with E-state index in [0.29, 0.717) is 0 Å². The van der Waals surface area contributed by atoms with E-state index >= 15 is 0 Å². The molecule has 3 nitrogen and oxygen atoms in total. The summed E-state index contributed by atoms with van der Waals surface area (Å²) in [7, 11) is -3.85. The van der Waals surface area contributed by atoms with Crippen LogP contribution in [0.5, 0.6) is 0 Å². The Morgan fingerprint density at radius 2 is 1.76 bits per heavy atom. The van der Waals surface area contributed by atoms with Crippen LogP contribution < -0.4 is 4.31 Å². The number of sulfonamides is 1. The second kappa shape index (κ2) is 6.41. The van der Waals surface area contributed by atoms with Gasteiger partial charge in [0.15, 0.2) is 0 Å². The van der Waals surface area contributed by atoms with E-state index in [-0.39, 0.29) is 17.1 Å². The number of para-hydroxylation sites is 1. The standard InChI is InChI=1S/C15H13BrFNO2S/c1-2-11-18(15-6-4-3-5-14(15)17)21(19,20)13-9-7-12(16)8-10-13/h2-10H,1,11H2. The Morgan fingerprint density at radius 1 is 1.14 bits per heavy atom. The molecule has 2 rings (SSSR count). The maximum absolute atomic E-state index is 13.9. The van der Waals surface area contributed by atoms with Crippen LogP contribution in [-0.2, 0) is 10.0 Å². The molecule has 2 aromatic carbocycles. The SMILES string of the molecule is C=CCN(c1ccccc1F)S(=O)(=O)c1ccc(Br)cc1. The zero-order valence-corrected chi connectivity index (χ0v) is 13.4. The molecule has 0 saturated heterocycles. The van der Waals surface area contributed by atoms with Crippen LogP contribution in [0, 0.1) is 5.82 Å². The van der Waals surface area contributed by atoms with E-state index in [4.69, 9.17) is 0 Å². The number of hydrogen-bond acceptors (Lipinski definition) is 2. The summed E-state index contributed by atoms with van der Waals surface area (Å²) in [5, 5.41) is 0. The van der Waals surface area contributed by atoms with Crippen molar-refractivity contribution < 1.29 is 12.8 Å². The first-order valence-corrected chi connectivity index (χ1v) is 8.34. The third kappa shape index (κ3) is 3.33. The largest absolute Gasteiger partial charge is 0.264 e. The normalized spacial score (nSPS) is 11.1. The molecule has 110 valence electrons. The van der Waals surface area contributed by atoms with Crippen LogP contribution in [-0.4, -0.2) is 15.0 Å². The van der Waals surface area contributed by atoms with Gasteiger partial charge in [-0.2, -0.15) is 0 Å². The van der Waals surface area contributed by atoms with E-state index in [2.05, 4.69) is 22.5 Å². The fraction of sp³-hybridized carbons (Fsp3) is 0.0667. The molecule has 0 aliphatic heterocycles. The van der Waals surface area contributed by atoms with Gasteiger partial charge in [0.1, 0.15) is 5.82 Å². The lowest BCUT2D eigenvalue weighted by Crippen LogP contribution is -2.31. The summed E-state index contributed by atoms with van der Waals surface area (Å²) >= 11 is 3.25. The van der Waals surface area contributed by atoms with E-state index in [1.165, 1.54) is 36.4 Å².